The lowest BCUT2D eigenvalue weighted by Crippen LogP contribution is -1.90. The van der Waals surface area contributed by atoms with Crippen LogP contribution >= 0.6 is 22.2 Å². The van der Waals surface area contributed by atoms with Crippen molar-refractivity contribution in [1.29, 1.82) is 0 Å². The molecule has 2 aromatic heterocycles. The van der Waals surface area contributed by atoms with E-state index >= 15 is 0 Å². The highest BCUT2D eigenvalue weighted by Gasteiger charge is 2.16. The molecule has 220 valence electrons. The molecule has 0 saturated heterocycles. The van der Waals surface area contributed by atoms with Crippen molar-refractivity contribution in [3.8, 4) is 0 Å². The lowest BCUT2D eigenvalue weighted by Gasteiger charge is -2.06. The second-order valence-corrected chi connectivity index (χ2v) is 15.0. The van der Waals surface area contributed by atoms with E-state index in [1.807, 2.05) is 11.8 Å². The molecule has 0 radical (unpaired) electrons. The first-order valence-electron chi connectivity index (χ1n) is 16.0. The largest absolute Gasteiger partial charge is 0.456 e. The Bertz CT molecular complexity index is 1840. The van der Waals surface area contributed by atoms with E-state index in [-0.39, 0.29) is 0 Å². The van der Waals surface area contributed by atoms with E-state index in [0.717, 1.165) is 28.8 Å². The second kappa shape index (κ2) is 13.7. The van der Waals surface area contributed by atoms with Gasteiger partial charge in [0.05, 0.1) is 0 Å². The van der Waals surface area contributed by atoms with Gasteiger partial charge in [0.2, 0.25) is 0 Å². The van der Waals surface area contributed by atoms with Gasteiger partial charge in [0, 0.05) is 26.4 Å². The molecule has 0 amide bonds. The summed E-state index contributed by atoms with van der Waals surface area (Å²) in [4.78, 5) is 1.30. The van der Waals surface area contributed by atoms with Gasteiger partial charge in [-0.25, -0.2) is 0 Å². The summed E-state index contributed by atoms with van der Waals surface area (Å²) in [5, 5.41) is 7.26. The Labute approximate surface area is 257 Å². The fourth-order valence-electron chi connectivity index (χ4n) is 6.32. The highest BCUT2D eigenvalue weighted by Crippen LogP contribution is 2.41. The minimum Gasteiger partial charge on any atom is -0.456 e. The van der Waals surface area contributed by atoms with E-state index in [1.54, 1.807) is 0 Å². The minimum atomic E-state index is 0.328. The predicted octanol–water partition coefficient (Wildman–Crippen LogP) is 12.5. The lowest BCUT2D eigenvalue weighted by molar-refractivity contribution is 0.627. The maximum absolute atomic E-state index is 6.41. The predicted molar refractivity (Wildman–Crippen MR) is 190 cm³/mol. The molecular weight excluding hydrogens is 553 g/mol. The molecule has 0 saturated carbocycles. The van der Waals surface area contributed by atoms with Gasteiger partial charge in [-0.3, -0.25) is 0 Å². The Morgan fingerprint density at radius 3 is 1.95 bits per heavy atom. The van der Waals surface area contributed by atoms with E-state index in [0.29, 0.717) is 10.5 Å². The molecule has 1 unspecified atom stereocenters. The summed E-state index contributed by atoms with van der Waals surface area (Å²) in [6, 6.07) is 22.3. The number of hydrogen-bond donors (Lipinski definition) is 0. The Morgan fingerprint density at radius 1 is 0.595 bits per heavy atom. The Kier molecular flexibility index (Phi) is 9.61. The topological polar surface area (TPSA) is 26.3 Å². The van der Waals surface area contributed by atoms with Crippen molar-refractivity contribution in [2.75, 3.05) is 17.3 Å². The average Bonchev–Trinajstić information content (AvgIpc) is 3.56. The highest BCUT2D eigenvalue weighted by atomic mass is 32.2. The second-order valence-electron chi connectivity index (χ2n) is 11.8. The summed E-state index contributed by atoms with van der Waals surface area (Å²) < 4.78 is 12.8. The molecule has 0 fully saturated rings. The van der Waals surface area contributed by atoms with E-state index in [9.17, 15) is 0 Å². The van der Waals surface area contributed by atoms with Crippen LogP contribution in [0.3, 0.4) is 0 Å². The number of benzene rings is 4. The molecule has 1 atom stereocenters. The zero-order valence-electron chi connectivity index (χ0n) is 25.3. The van der Waals surface area contributed by atoms with Crippen molar-refractivity contribution in [3.63, 3.8) is 0 Å². The van der Waals surface area contributed by atoms with E-state index < -0.39 is 0 Å². The maximum atomic E-state index is 6.41. The monoisotopic (exact) mass is 596 g/mol. The summed E-state index contributed by atoms with van der Waals surface area (Å²) >= 11 is 1.95. The van der Waals surface area contributed by atoms with Crippen LogP contribution in [-0.4, -0.2) is 23.1 Å². The van der Waals surface area contributed by atoms with Gasteiger partial charge in [-0.1, -0.05) is 64.0 Å². The molecule has 2 nitrogen and oxygen atoms in total. The van der Waals surface area contributed by atoms with Crippen LogP contribution in [0, 0.1) is 0 Å². The van der Waals surface area contributed by atoms with Crippen molar-refractivity contribution >= 4 is 82.8 Å². The molecule has 0 spiro atoms. The molecule has 42 heavy (non-hydrogen) atoms. The quantitative estimate of drug-likeness (QED) is 0.0670. The zero-order valence-corrected chi connectivity index (χ0v) is 26.9. The van der Waals surface area contributed by atoms with Crippen LogP contribution in [0.1, 0.15) is 77.2 Å². The van der Waals surface area contributed by atoms with Crippen molar-refractivity contribution < 1.29 is 8.83 Å². The summed E-state index contributed by atoms with van der Waals surface area (Å²) in [6.07, 6.45) is 12.8. The Hall–Kier alpha value is -2.69. The van der Waals surface area contributed by atoms with E-state index in [2.05, 4.69) is 80.4 Å². The van der Waals surface area contributed by atoms with Crippen molar-refractivity contribution in [3.05, 3.63) is 66.2 Å². The first-order chi connectivity index (χ1) is 20.7. The molecule has 0 aliphatic carbocycles. The standard InChI is InChI=1S/C38H44O2S2/c1-4-6-7-8-9-11-22-41-28-15-17-32-36(26-28)40-34-21-19-29-30(38(32)34)18-20-33-37(29)31-16-14-27(25-35(31)39-33)13-10-12-24-42(3)23-5-2/h14-21,25-26H,3-13,22-24H2,1-2H3. The van der Waals surface area contributed by atoms with Crippen LogP contribution in [0.5, 0.6) is 0 Å². The molecule has 0 bridgehead atoms. The zero-order chi connectivity index (χ0) is 28.9. The highest BCUT2D eigenvalue weighted by molar-refractivity contribution is 8.14. The van der Waals surface area contributed by atoms with Gasteiger partial charge in [-0.2, -0.15) is 10.5 Å². The van der Waals surface area contributed by atoms with Crippen molar-refractivity contribution in [2.45, 2.75) is 83.0 Å². The molecule has 4 aromatic carbocycles. The van der Waals surface area contributed by atoms with Crippen molar-refractivity contribution in [1.82, 2.24) is 0 Å². The molecule has 0 aliphatic heterocycles. The Morgan fingerprint density at radius 2 is 1.24 bits per heavy atom. The average molecular weight is 597 g/mol. The number of aryl methyl sites for hydroxylation is 1. The van der Waals surface area contributed by atoms with Crippen LogP contribution in [0.15, 0.2) is 74.4 Å². The van der Waals surface area contributed by atoms with E-state index in [4.69, 9.17) is 8.83 Å². The summed E-state index contributed by atoms with van der Waals surface area (Å²) in [5.74, 6) is 8.01. The van der Waals surface area contributed by atoms with Gasteiger partial charge < -0.3 is 8.83 Å². The normalized spacial score (nSPS) is 12.9. The summed E-state index contributed by atoms with van der Waals surface area (Å²) in [6.45, 7) is 4.53. The molecular formula is C38H44O2S2. The SMILES string of the molecule is C=S(CCC)CCCCc1ccc2c(c1)oc1ccc3c(ccc4oc5cc(SCCCCCCCC)ccc5c43)c12. The minimum absolute atomic E-state index is 0.328. The molecule has 4 heteroatoms. The first-order valence-corrected chi connectivity index (χ1v) is 18.7. The van der Waals surface area contributed by atoms with Gasteiger partial charge in [0.15, 0.2) is 0 Å². The maximum Gasteiger partial charge on any atom is 0.136 e. The number of thioether (sulfide) groups is 1. The molecule has 2 heterocycles. The van der Waals surface area contributed by atoms with Crippen LogP contribution in [0.2, 0.25) is 0 Å². The number of furan rings is 2. The molecule has 6 aromatic rings. The van der Waals surface area contributed by atoms with Crippen LogP contribution in [-0.2, 0) is 6.42 Å². The fourth-order valence-corrected chi connectivity index (χ4v) is 8.66. The number of fused-ring (bicyclic) bond motifs is 9. The number of unbranched alkanes of at least 4 members (excludes halogenated alkanes) is 6. The van der Waals surface area contributed by atoms with Gasteiger partial charge >= 0.3 is 0 Å². The fraction of sp³-hybridized carbons (Fsp3) is 0.395. The molecule has 0 N–H and O–H groups in total. The molecule has 0 aliphatic rings. The first kappa shape index (κ1) is 29.4. The Balaban J connectivity index is 1.24. The third kappa shape index (κ3) is 6.31. The smallest absolute Gasteiger partial charge is 0.136 e. The van der Waals surface area contributed by atoms with Crippen LogP contribution < -0.4 is 0 Å². The van der Waals surface area contributed by atoms with Crippen molar-refractivity contribution in [2.24, 2.45) is 0 Å². The van der Waals surface area contributed by atoms with Crippen LogP contribution in [0.4, 0.5) is 0 Å². The number of rotatable bonds is 15. The number of hydrogen-bond acceptors (Lipinski definition) is 3. The summed E-state index contributed by atoms with van der Waals surface area (Å²) in [5.41, 5.74) is 5.23. The van der Waals surface area contributed by atoms with Crippen LogP contribution in [0.25, 0.3) is 54.6 Å². The van der Waals surface area contributed by atoms with Gasteiger partial charge in [-0.05, 0) is 114 Å². The van der Waals surface area contributed by atoms with Gasteiger partial charge in [-0.15, -0.1) is 11.8 Å². The van der Waals surface area contributed by atoms with Gasteiger partial charge in [0.1, 0.15) is 22.3 Å². The lowest BCUT2D eigenvalue weighted by atomic mass is 9.99. The molecule has 6 rings (SSSR count). The third-order valence-electron chi connectivity index (χ3n) is 8.51. The summed E-state index contributed by atoms with van der Waals surface area (Å²) in [7, 11) is 0.328. The third-order valence-corrected chi connectivity index (χ3v) is 11.4. The van der Waals surface area contributed by atoms with E-state index in [1.165, 1.54) is 118 Å². The van der Waals surface area contributed by atoms with Gasteiger partial charge in [0.25, 0.3) is 0 Å².